The van der Waals surface area contributed by atoms with Gasteiger partial charge in [-0.1, -0.05) is 11.6 Å². The van der Waals surface area contributed by atoms with Crippen molar-refractivity contribution in [1.82, 2.24) is 4.90 Å². The second kappa shape index (κ2) is 8.00. The van der Waals surface area contributed by atoms with Gasteiger partial charge in [-0.3, -0.25) is 19.3 Å². The minimum atomic E-state index is -2.77. The van der Waals surface area contributed by atoms with Crippen LogP contribution in [0.1, 0.15) is 23.7 Å². The first-order chi connectivity index (χ1) is 14.8. The summed E-state index contributed by atoms with van der Waals surface area (Å²) in [7, 11) is 2.97. The molecule has 1 aromatic rings. The smallest absolute Gasteiger partial charge is 0.255 e. The first kappa shape index (κ1) is 25.0. The standard InChI is InChI=1S/C21H21ClN2O8.ClH/c1-24(2)14-7-5-6-10(16(27)12-9(25)4-3-8(22)11(12)15(6)26)18(29)21(7,32)19(30)13(17(14)28)20(23)31;/h3-4,6-7,14-15,25-27,30,32H,5H2,1-2H3,(H2,23,31);1H/t6?,7-,14?,15-,21-;/m0./s1. The molecule has 4 rings (SSSR count). The number of carbonyl (C=O) groups excluding carboxylic acids is 3. The van der Waals surface area contributed by atoms with E-state index in [0.29, 0.717) is 0 Å². The Hall–Kier alpha value is -2.63. The Morgan fingerprint density at radius 1 is 1.21 bits per heavy atom. The molecule has 0 radical (unpaired) electrons. The highest BCUT2D eigenvalue weighted by molar-refractivity contribution is 6.32. The maximum absolute atomic E-state index is 13.6. The Balaban J connectivity index is 0.00000306. The van der Waals surface area contributed by atoms with Gasteiger partial charge in [-0.2, -0.15) is 0 Å². The number of aliphatic hydroxyl groups is 4. The molecule has 5 atom stereocenters. The van der Waals surface area contributed by atoms with Crippen molar-refractivity contribution in [2.24, 2.45) is 17.6 Å². The number of benzene rings is 1. The van der Waals surface area contributed by atoms with Crippen LogP contribution in [0.15, 0.2) is 29.0 Å². The quantitative estimate of drug-likeness (QED) is 0.315. The summed E-state index contributed by atoms with van der Waals surface area (Å²) in [5.41, 5.74) is 0.845. The zero-order valence-electron chi connectivity index (χ0n) is 17.4. The van der Waals surface area contributed by atoms with Crippen molar-refractivity contribution in [3.05, 3.63) is 45.2 Å². The highest BCUT2D eigenvalue weighted by Crippen LogP contribution is 2.56. The number of phenolic OH excluding ortho intramolecular Hbond substituents is 1. The minimum absolute atomic E-state index is 0. The molecule has 0 heterocycles. The molecule has 0 aliphatic heterocycles. The number of fused-ring (bicyclic) bond motifs is 3. The number of nitrogens with two attached hydrogens (primary N) is 1. The van der Waals surface area contributed by atoms with Crippen molar-refractivity contribution in [3.8, 4) is 5.75 Å². The molecule has 1 aromatic carbocycles. The largest absolute Gasteiger partial charge is 0.508 e. The minimum Gasteiger partial charge on any atom is -0.508 e. The fourth-order valence-electron chi connectivity index (χ4n) is 5.24. The van der Waals surface area contributed by atoms with Gasteiger partial charge in [0.1, 0.15) is 22.8 Å². The van der Waals surface area contributed by atoms with Crippen molar-refractivity contribution in [2.75, 3.05) is 14.1 Å². The van der Waals surface area contributed by atoms with Gasteiger partial charge in [0.15, 0.2) is 11.4 Å². The third kappa shape index (κ3) is 3.09. The molecule has 0 aromatic heterocycles. The van der Waals surface area contributed by atoms with Gasteiger partial charge >= 0.3 is 0 Å². The molecule has 7 N–H and O–H groups in total. The van der Waals surface area contributed by atoms with E-state index in [4.69, 9.17) is 17.3 Å². The molecular weight excluding hydrogens is 479 g/mol. The molecule has 2 unspecified atom stereocenters. The van der Waals surface area contributed by atoms with Gasteiger partial charge in [0.05, 0.1) is 17.7 Å². The van der Waals surface area contributed by atoms with Crippen LogP contribution in [0, 0.1) is 11.8 Å². The average Bonchev–Trinajstić information content (AvgIpc) is 2.69. The van der Waals surface area contributed by atoms with Crippen molar-refractivity contribution >= 4 is 47.2 Å². The Kier molecular flexibility index (Phi) is 6.06. The molecule has 3 aliphatic rings. The van der Waals surface area contributed by atoms with Crippen molar-refractivity contribution in [1.29, 1.82) is 0 Å². The number of likely N-dealkylation sites (N-methyl/N-ethyl adjacent to an activating group) is 1. The number of carbonyl (C=O) groups is 3. The number of hydrogen-bond donors (Lipinski definition) is 6. The third-order valence-corrected chi connectivity index (χ3v) is 6.97. The zero-order valence-corrected chi connectivity index (χ0v) is 19.0. The van der Waals surface area contributed by atoms with Crippen molar-refractivity contribution in [3.63, 3.8) is 0 Å². The second-order valence-electron chi connectivity index (χ2n) is 8.47. The lowest BCUT2D eigenvalue weighted by atomic mass is 9.57. The normalized spacial score (nSPS) is 31.1. The van der Waals surface area contributed by atoms with Gasteiger partial charge in [-0.15, -0.1) is 12.4 Å². The number of halogens is 2. The van der Waals surface area contributed by atoms with Gasteiger partial charge in [0, 0.05) is 28.0 Å². The molecular formula is C21H22Cl2N2O8. The fourth-order valence-corrected chi connectivity index (χ4v) is 5.51. The number of hydrogen-bond acceptors (Lipinski definition) is 9. The van der Waals surface area contributed by atoms with Crippen LogP contribution in [-0.4, -0.2) is 73.6 Å². The van der Waals surface area contributed by atoms with Crippen LogP contribution < -0.4 is 5.73 Å². The summed E-state index contributed by atoms with van der Waals surface area (Å²) in [6.07, 6.45) is -1.70. The summed E-state index contributed by atoms with van der Waals surface area (Å²) in [5.74, 6) is -8.19. The summed E-state index contributed by atoms with van der Waals surface area (Å²) in [4.78, 5) is 39.8. The number of primary amides is 1. The van der Waals surface area contributed by atoms with E-state index in [9.17, 15) is 39.9 Å². The number of aliphatic hydroxyl groups excluding tert-OH is 3. The number of amides is 1. The first-order valence-electron chi connectivity index (χ1n) is 9.69. The Morgan fingerprint density at radius 2 is 1.82 bits per heavy atom. The zero-order chi connectivity index (χ0) is 23.9. The molecule has 10 nitrogen and oxygen atoms in total. The summed E-state index contributed by atoms with van der Waals surface area (Å²) in [5, 5.41) is 54.4. The van der Waals surface area contributed by atoms with Gasteiger partial charge in [-0.25, -0.2) is 0 Å². The van der Waals surface area contributed by atoms with Crippen LogP contribution in [0.2, 0.25) is 5.02 Å². The van der Waals surface area contributed by atoms with E-state index in [1.807, 2.05) is 0 Å². The summed E-state index contributed by atoms with van der Waals surface area (Å²) < 4.78 is 0. The maximum Gasteiger partial charge on any atom is 0.255 e. The first-order valence-corrected chi connectivity index (χ1v) is 10.1. The van der Waals surface area contributed by atoms with Crippen molar-refractivity contribution < 1.29 is 39.9 Å². The van der Waals surface area contributed by atoms with E-state index >= 15 is 0 Å². The monoisotopic (exact) mass is 500 g/mol. The second-order valence-corrected chi connectivity index (χ2v) is 8.87. The van der Waals surface area contributed by atoms with Crippen LogP contribution in [0.3, 0.4) is 0 Å². The highest BCUT2D eigenvalue weighted by atomic mass is 35.5. The number of ketones is 2. The average molecular weight is 501 g/mol. The SMILES string of the molecule is CN(C)C1C(=O)C(C(N)=O)=C(O)[C@@]2(O)C(=O)C3=C(O)c4c(O)ccc(Cl)c4[C@@H](O)C3C[C@@H]12.Cl. The molecule has 0 saturated heterocycles. The van der Waals surface area contributed by atoms with E-state index < -0.39 is 75.5 Å². The van der Waals surface area contributed by atoms with E-state index in [1.165, 1.54) is 31.1 Å². The van der Waals surface area contributed by atoms with Crippen LogP contribution in [0.25, 0.3) is 5.76 Å². The molecule has 3 aliphatic carbocycles. The Bertz CT molecular complexity index is 1160. The van der Waals surface area contributed by atoms with E-state index in [2.05, 4.69) is 0 Å². The summed E-state index contributed by atoms with van der Waals surface area (Å²) in [6.45, 7) is 0. The maximum atomic E-state index is 13.6. The molecule has 178 valence electrons. The van der Waals surface area contributed by atoms with E-state index in [0.717, 1.165) is 0 Å². The summed E-state index contributed by atoms with van der Waals surface area (Å²) >= 11 is 6.19. The van der Waals surface area contributed by atoms with Crippen LogP contribution in [0.5, 0.6) is 5.75 Å². The molecule has 1 saturated carbocycles. The Labute approximate surface area is 199 Å². The topological polar surface area (TPSA) is 182 Å². The van der Waals surface area contributed by atoms with Gasteiger partial charge in [0.2, 0.25) is 5.78 Å². The number of phenols is 1. The molecule has 0 spiro atoms. The molecule has 1 fully saturated rings. The molecule has 33 heavy (non-hydrogen) atoms. The lowest BCUT2D eigenvalue weighted by Gasteiger charge is -2.51. The van der Waals surface area contributed by atoms with Crippen LogP contribution in [0.4, 0.5) is 0 Å². The van der Waals surface area contributed by atoms with Gasteiger partial charge in [0.25, 0.3) is 5.91 Å². The molecule has 0 bridgehead atoms. The molecule has 1 amide bonds. The van der Waals surface area contributed by atoms with Crippen LogP contribution >= 0.6 is 24.0 Å². The van der Waals surface area contributed by atoms with Crippen LogP contribution in [-0.2, 0) is 14.4 Å². The highest BCUT2D eigenvalue weighted by Gasteiger charge is 2.65. The Morgan fingerprint density at radius 3 is 2.36 bits per heavy atom. The van der Waals surface area contributed by atoms with Crippen molar-refractivity contribution in [2.45, 2.75) is 24.2 Å². The lowest BCUT2D eigenvalue weighted by molar-refractivity contribution is -0.155. The number of aromatic hydroxyl groups is 1. The van der Waals surface area contributed by atoms with Gasteiger partial charge < -0.3 is 31.3 Å². The number of nitrogens with zero attached hydrogens (tertiary/aromatic N) is 1. The predicted octanol–water partition coefficient (Wildman–Crippen LogP) is 0.530. The van der Waals surface area contributed by atoms with E-state index in [-0.39, 0.29) is 35.0 Å². The number of rotatable bonds is 2. The van der Waals surface area contributed by atoms with Gasteiger partial charge in [-0.05, 0) is 32.6 Å². The summed E-state index contributed by atoms with van der Waals surface area (Å²) in [6, 6.07) is 1.25. The molecule has 12 heteroatoms. The third-order valence-electron chi connectivity index (χ3n) is 6.64. The predicted molar refractivity (Wildman–Crippen MR) is 118 cm³/mol. The number of Topliss-reactive ketones (excluding diaryl/α,β-unsaturated/α-hetero) is 2. The fraction of sp³-hybridized carbons (Fsp3) is 0.381. The van der Waals surface area contributed by atoms with E-state index in [1.54, 1.807) is 0 Å². The lowest BCUT2D eigenvalue weighted by Crippen LogP contribution is -2.66.